The average Bonchev–Trinajstić information content (AvgIpc) is 2.31. The van der Waals surface area contributed by atoms with Gasteiger partial charge in [-0.2, -0.15) is 0 Å². The third-order valence-electron chi connectivity index (χ3n) is 3.09. The molecule has 0 saturated heterocycles. The Hall–Kier alpha value is 0.430. The molecule has 0 aliphatic heterocycles. The predicted molar refractivity (Wildman–Crippen MR) is 78.8 cm³/mol. The maximum Gasteiger partial charge on any atom is -0.0287 e. The second-order valence-electron chi connectivity index (χ2n) is 4.85. The molecule has 16 heavy (non-hydrogen) atoms. The molecule has 0 aliphatic carbocycles. The summed E-state index contributed by atoms with van der Waals surface area (Å²) in [6.45, 7) is 4.58. The monoisotopic (exact) mass is 243 g/mol. The van der Waals surface area contributed by atoms with Crippen molar-refractivity contribution in [2.24, 2.45) is 0 Å². The standard InChI is InChI=1S/C15H32P/c1-3-5-7-9-11-13-15-16-14-12-10-8-6-4-2/h3-15H2,1-2H3. The molecule has 0 nitrogen and oxygen atoms in total. The van der Waals surface area contributed by atoms with Crippen molar-refractivity contribution in [2.75, 3.05) is 12.3 Å². The first-order valence-corrected chi connectivity index (χ1v) is 8.81. The van der Waals surface area contributed by atoms with Crippen molar-refractivity contribution in [3.63, 3.8) is 0 Å². The maximum atomic E-state index is 2.29. The molecule has 0 saturated carbocycles. The van der Waals surface area contributed by atoms with Gasteiger partial charge < -0.3 is 0 Å². The van der Waals surface area contributed by atoms with Crippen LogP contribution in [0.1, 0.15) is 84.5 Å². The smallest absolute Gasteiger partial charge is 0.0287 e. The second kappa shape index (κ2) is 15.4. The molecule has 0 fully saturated rings. The van der Waals surface area contributed by atoms with E-state index in [1.54, 1.807) is 8.58 Å². The Labute approximate surface area is 106 Å². The Kier molecular flexibility index (Phi) is 15.8. The quantitative estimate of drug-likeness (QED) is 0.264. The van der Waals surface area contributed by atoms with Gasteiger partial charge in [-0.3, -0.25) is 0 Å². The van der Waals surface area contributed by atoms with E-state index in [1.165, 1.54) is 83.0 Å². The minimum atomic E-state index is 1.37. The lowest BCUT2D eigenvalue weighted by Gasteiger charge is -2.02. The van der Waals surface area contributed by atoms with Crippen LogP contribution in [0.3, 0.4) is 0 Å². The van der Waals surface area contributed by atoms with Gasteiger partial charge in [0.1, 0.15) is 0 Å². The van der Waals surface area contributed by atoms with E-state index >= 15 is 0 Å². The number of hydrogen-bond donors (Lipinski definition) is 0. The molecule has 0 amide bonds. The normalized spacial score (nSPS) is 11.6. The zero-order valence-electron chi connectivity index (χ0n) is 11.6. The lowest BCUT2D eigenvalue weighted by atomic mass is 10.1. The third kappa shape index (κ3) is 14.4. The van der Waals surface area contributed by atoms with Gasteiger partial charge in [-0.1, -0.05) is 80.2 Å². The summed E-state index contributed by atoms with van der Waals surface area (Å²) in [6.07, 6.45) is 18.8. The molecule has 97 valence electrons. The predicted octanol–water partition coefficient (Wildman–Crippen LogP) is 6.26. The van der Waals surface area contributed by atoms with E-state index in [-0.39, 0.29) is 0 Å². The number of unbranched alkanes of at least 4 members (excludes halogenated alkanes) is 9. The Bertz CT molecular complexity index is 98.0. The number of rotatable bonds is 13. The molecule has 1 radical (unpaired) electrons. The fraction of sp³-hybridized carbons (Fsp3) is 1.00. The summed E-state index contributed by atoms with van der Waals surface area (Å²) in [4.78, 5) is 0. The average molecular weight is 243 g/mol. The lowest BCUT2D eigenvalue weighted by molar-refractivity contribution is 0.626. The van der Waals surface area contributed by atoms with Crippen LogP contribution >= 0.6 is 8.58 Å². The molecule has 0 aromatic carbocycles. The van der Waals surface area contributed by atoms with E-state index in [9.17, 15) is 0 Å². The first kappa shape index (κ1) is 16.4. The fourth-order valence-corrected chi connectivity index (χ4v) is 3.06. The highest BCUT2D eigenvalue weighted by Gasteiger charge is 1.93. The maximum absolute atomic E-state index is 2.29. The Balaban J connectivity index is 2.83. The molecule has 0 aromatic rings. The minimum Gasteiger partial charge on any atom is -0.0810 e. The van der Waals surface area contributed by atoms with Crippen LogP contribution in [0.25, 0.3) is 0 Å². The number of hydrogen-bond acceptors (Lipinski definition) is 0. The van der Waals surface area contributed by atoms with Crippen molar-refractivity contribution >= 4 is 8.58 Å². The highest BCUT2D eigenvalue weighted by atomic mass is 31.1. The Morgan fingerprint density at radius 1 is 0.500 bits per heavy atom. The molecule has 0 bridgehead atoms. The van der Waals surface area contributed by atoms with Gasteiger partial charge in [0, 0.05) is 0 Å². The summed E-state index contributed by atoms with van der Waals surface area (Å²) in [5, 5.41) is 0. The van der Waals surface area contributed by atoms with Gasteiger partial charge in [0.25, 0.3) is 0 Å². The summed E-state index contributed by atoms with van der Waals surface area (Å²) < 4.78 is 0. The summed E-state index contributed by atoms with van der Waals surface area (Å²) in [7, 11) is 1.72. The molecular formula is C15H32P. The van der Waals surface area contributed by atoms with Crippen molar-refractivity contribution in [1.29, 1.82) is 0 Å². The van der Waals surface area contributed by atoms with E-state index in [4.69, 9.17) is 0 Å². The molecule has 0 atom stereocenters. The van der Waals surface area contributed by atoms with Gasteiger partial charge in [0.05, 0.1) is 0 Å². The summed E-state index contributed by atoms with van der Waals surface area (Å²) in [5.74, 6) is 0. The van der Waals surface area contributed by atoms with E-state index in [1.807, 2.05) is 0 Å². The van der Waals surface area contributed by atoms with Gasteiger partial charge >= 0.3 is 0 Å². The Morgan fingerprint density at radius 2 is 0.875 bits per heavy atom. The van der Waals surface area contributed by atoms with Crippen molar-refractivity contribution in [3.05, 3.63) is 0 Å². The highest BCUT2D eigenvalue weighted by Crippen LogP contribution is 2.17. The fourth-order valence-electron chi connectivity index (χ4n) is 1.94. The second-order valence-corrected chi connectivity index (χ2v) is 6.19. The molecule has 0 spiro atoms. The van der Waals surface area contributed by atoms with Gasteiger partial charge in [-0.15, -0.1) is 0 Å². The highest BCUT2D eigenvalue weighted by molar-refractivity contribution is 7.37. The molecule has 0 aliphatic rings. The molecule has 0 N–H and O–H groups in total. The van der Waals surface area contributed by atoms with Crippen LogP contribution in [0.4, 0.5) is 0 Å². The van der Waals surface area contributed by atoms with Crippen LogP contribution in [0.5, 0.6) is 0 Å². The SMILES string of the molecule is CCCCCCCC[P]CCCCCCC. The van der Waals surface area contributed by atoms with Crippen LogP contribution in [0.2, 0.25) is 0 Å². The molecule has 0 rings (SSSR count). The molecule has 0 unspecified atom stereocenters. The summed E-state index contributed by atoms with van der Waals surface area (Å²) in [6, 6.07) is 0. The van der Waals surface area contributed by atoms with E-state index in [0.29, 0.717) is 0 Å². The van der Waals surface area contributed by atoms with Crippen LogP contribution in [-0.4, -0.2) is 12.3 Å². The third-order valence-corrected chi connectivity index (χ3v) is 4.35. The molecule has 0 aromatic heterocycles. The van der Waals surface area contributed by atoms with Crippen molar-refractivity contribution in [2.45, 2.75) is 84.5 Å². The van der Waals surface area contributed by atoms with Crippen molar-refractivity contribution in [1.82, 2.24) is 0 Å². The van der Waals surface area contributed by atoms with Crippen molar-refractivity contribution < 1.29 is 0 Å². The zero-order valence-corrected chi connectivity index (χ0v) is 12.5. The van der Waals surface area contributed by atoms with Crippen molar-refractivity contribution in [3.8, 4) is 0 Å². The van der Waals surface area contributed by atoms with Crippen LogP contribution < -0.4 is 0 Å². The van der Waals surface area contributed by atoms with Crippen LogP contribution in [0, 0.1) is 0 Å². The molecule has 1 heteroatoms. The summed E-state index contributed by atoms with van der Waals surface area (Å²) >= 11 is 0. The minimum absolute atomic E-state index is 1.37. The largest absolute Gasteiger partial charge is 0.0810 e. The lowest BCUT2D eigenvalue weighted by Crippen LogP contribution is -1.84. The topological polar surface area (TPSA) is 0 Å². The Morgan fingerprint density at radius 3 is 1.31 bits per heavy atom. The van der Waals surface area contributed by atoms with Gasteiger partial charge in [0.15, 0.2) is 0 Å². The van der Waals surface area contributed by atoms with Crippen LogP contribution in [0.15, 0.2) is 0 Å². The van der Waals surface area contributed by atoms with Gasteiger partial charge in [0.2, 0.25) is 0 Å². The van der Waals surface area contributed by atoms with Gasteiger partial charge in [-0.25, -0.2) is 0 Å². The van der Waals surface area contributed by atoms with E-state index in [0.717, 1.165) is 0 Å². The van der Waals surface area contributed by atoms with Gasteiger partial charge in [-0.05, 0) is 25.2 Å². The summed E-state index contributed by atoms with van der Waals surface area (Å²) in [5.41, 5.74) is 0. The van der Waals surface area contributed by atoms with Crippen LogP contribution in [-0.2, 0) is 0 Å². The van der Waals surface area contributed by atoms with E-state index < -0.39 is 0 Å². The first-order valence-electron chi connectivity index (χ1n) is 7.55. The van der Waals surface area contributed by atoms with E-state index in [2.05, 4.69) is 13.8 Å². The molecule has 0 heterocycles. The zero-order chi connectivity index (χ0) is 11.9. The molecular weight excluding hydrogens is 211 g/mol. The first-order chi connectivity index (χ1) is 7.91.